The fraction of sp³-hybridized carbons (Fsp3) is 0.900. The van der Waals surface area contributed by atoms with E-state index in [2.05, 4.69) is 17.4 Å². The quantitative estimate of drug-likeness (QED) is 0.289. The molecule has 0 amide bonds. The third-order valence-electron chi connectivity index (χ3n) is 2.71. The molecule has 0 aliphatic carbocycles. The van der Waals surface area contributed by atoms with Gasteiger partial charge in [0.15, 0.2) is 0 Å². The van der Waals surface area contributed by atoms with Crippen molar-refractivity contribution < 1.29 is 5.21 Å². The van der Waals surface area contributed by atoms with Crippen LogP contribution in [0.15, 0.2) is 5.16 Å². The molecular formula is C10H21N3OS. The predicted octanol–water partition coefficient (Wildman–Crippen LogP) is 1.39. The predicted molar refractivity (Wildman–Crippen MR) is 65.6 cm³/mol. The van der Waals surface area contributed by atoms with Gasteiger partial charge in [-0.2, -0.15) is 11.8 Å². The third-order valence-corrected chi connectivity index (χ3v) is 3.92. The Kier molecular flexibility index (Phi) is 5.86. The van der Waals surface area contributed by atoms with E-state index in [4.69, 9.17) is 10.9 Å². The Hall–Kier alpha value is -0.420. The smallest absolute Gasteiger partial charge is 0.140 e. The SMILES string of the molecule is CCC(CC(N)=NO)NC1CCCSC1. The first kappa shape index (κ1) is 12.6. The minimum Gasteiger partial charge on any atom is -0.409 e. The van der Waals surface area contributed by atoms with Crippen LogP contribution in [0.5, 0.6) is 0 Å². The Morgan fingerprint density at radius 1 is 1.73 bits per heavy atom. The normalized spacial score (nSPS) is 25.1. The molecule has 0 radical (unpaired) electrons. The van der Waals surface area contributed by atoms with Crippen molar-refractivity contribution in [3.63, 3.8) is 0 Å². The highest BCUT2D eigenvalue weighted by Crippen LogP contribution is 2.18. The van der Waals surface area contributed by atoms with Gasteiger partial charge in [-0.1, -0.05) is 12.1 Å². The number of nitrogens with one attached hydrogen (secondary N) is 1. The van der Waals surface area contributed by atoms with Gasteiger partial charge >= 0.3 is 0 Å². The molecule has 2 unspecified atom stereocenters. The maximum atomic E-state index is 8.52. The van der Waals surface area contributed by atoms with E-state index >= 15 is 0 Å². The van der Waals surface area contributed by atoms with Crippen LogP contribution < -0.4 is 11.1 Å². The Balaban J connectivity index is 2.31. The van der Waals surface area contributed by atoms with Gasteiger partial charge in [0.2, 0.25) is 0 Å². The van der Waals surface area contributed by atoms with Crippen LogP contribution in [0.3, 0.4) is 0 Å². The first-order valence-corrected chi connectivity index (χ1v) is 6.72. The first-order chi connectivity index (χ1) is 7.26. The summed E-state index contributed by atoms with van der Waals surface area (Å²) in [6.45, 7) is 2.12. The van der Waals surface area contributed by atoms with Crippen molar-refractivity contribution >= 4 is 17.6 Å². The van der Waals surface area contributed by atoms with Gasteiger partial charge in [0, 0.05) is 24.3 Å². The summed E-state index contributed by atoms with van der Waals surface area (Å²) < 4.78 is 0. The highest BCUT2D eigenvalue weighted by Gasteiger charge is 2.17. The lowest BCUT2D eigenvalue weighted by atomic mass is 10.1. The minimum absolute atomic E-state index is 0.317. The highest BCUT2D eigenvalue weighted by molar-refractivity contribution is 7.99. The van der Waals surface area contributed by atoms with Crippen LogP contribution in [0.4, 0.5) is 0 Å². The van der Waals surface area contributed by atoms with Crippen LogP contribution in [-0.2, 0) is 0 Å². The molecule has 1 rings (SSSR count). The van der Waals surface area contributed by atoms with Gasteiger partial charge in [0.25, 0.3) is 0 Å². The molecule has 4 N–H and O–H groups in total. The molecule has 0 aromatic rings. The van der Waals surface area contributed by atoms with Gasteiger partial charge < -0.3 is 16.3 Å². The van der Waals surface area contributed by atoms with Crippen LogP contribution in [-0.4, -0.2) is 34.6 Å². The van der Waals surface area contributed by atoms with Crippen LogP contribution in [0, 0.1) is 0 Å². The summed E-state index contributed by atoms with van der Waals surface area (Å²) in [6.07, 6.45) is 4.19. The van der Waals surface area contributed by atoms with Crippen LogP contribution in [0.25, 0.3) is 0 Å². The van der Waals surface area contributed by atoms with Crippen molar-refractivity contribution in [2.24, 2.45) is 10.9 Å². The van der Waals surface area contributed by atoms with E-state index < -0.39 is 0 Å². The molecule has 1 aliphatic heterocycles. The summed E-state index contributed by atoms with van der Waals surface area (Å²) in [5.74, 6) is 2.79. The lowest BCUT2D eigenvalue weighted by Crippen LogP contribution is -2.42. The molecule has 4 nitrogen and oxygen atoms in total. The van der Waals surface area contributed by atoms with E-state index in [1.54, 1.807) is 0 Å². The Bertz CT molecular complexity index is 205. The van der Waals surface area contributed by atoms with E-state index in [1.165, 1.54) is 24.3 Å². The van der Waals surface area contributed by atoms with Gasteiger partial charge in [-0.3, -0.25) is 0 Å². The summed E-state index contributed by atoms with van der Waals surface area (Å²) in [5, 5.41) is 15.1. The number of thioether (sulfide) groups is 1. The average Bonchev–Trinajstić information content (AvgIpc) is 2.29. The van der Waals surface area contributed by atoms with Gasteiger partial charge in [0.05, 0.1) is 0 Å². The third kappa shape index (κ3) is 4.75. The second kappa shape index (κ2) is 6.95. The molecule has 1 aliphatic rings. The Labute approximate surface area is 95.7 Å². The number of hydrogen-bond donors (Lipinski definition) is 3. The standard InChI is InChI=1S/C10H21N3OS/c1-2-8(6-10(11)13-14)12-9-4-3-5-15-7-9/h8-9,12,14H,2-7H2,1H3,(H2,11,13). The molecule has 1 heterocycles. The molecule has 88 valence electrons. The maximum Gasteiger partial charge on any atom is 0.140 e. The summed E-state index contributed by atoms with van der Waals surface area (Å²) in [4.78, 5) is 0. The Morgan fingerprint density at radius 3 is 3.07 bits per heavy atom. The van der Waals surface area contributed by atoms with Crippen molar-refractivity contribution in [2.75, 3.05) is 11.5 Å². The summed E-state index contributed by atoms with van der Waals surface area (Å²) in [5.41, 5.74) is 5.51. The molecule has 0 bridgehead atoms. The van der Waals surface area contributed by atoms with Gasteiger partial charge in [0.1, 0.15) is 5.84 Å². The largest absolute Gasteiger partial charge is 0.409 e. The van der Waals surface area contributed by atoms with Crippen LogP contribution >= 0.6 is 11.8 Å². The molecule has 15 heavy (non-hydrogen) atoms. The molecular weight excluding hydrogens is 210 g/mol. The maximum absolute atomic E-state index is 8.52. The number of nitrogens with zero attached hydrogens (tertiary/aromatic N) is 1. The number of hydrogen-bond acceptors (Lipinski definition) is 4. The molecule has 0 saturated carbocycles. The molecule has 5 heteroatoms. The van der Waals surface area contributed by atoms with Crippen molar-refractivity contribution in [1.29, 1.82) is 0 Å². The lowest BCUT2D eigenvalue weighted by molar-refractivity contribution is 0.314. The summed E-state index contributed by atoms with van der Waals surface area (Å²) in [6, 6.07) is 0.935. The van der Waals surface area contributed by atoms with Crippen molar-refractivity contribution in [3.8, 4) is 0 Å². The van der Waals surface area contributed by atoms with Crippen LogP contribution in [0.1, 0.15) is 32.6 Å². The molecule has 0 aromatic heterocycles. The number of amidine groups is 1. The highest BCUT2D eigenvalue weighted by atomic mass is 32.2. The second-order valence-electron chi connectivity index (χ2n) is 3.98. The fourth-order valence-corrected chi connectivity index (χ4v) is 2.90. The van der Waals surface area contributed by atoms with Gasteiger partial charge in [-0.05, 0) is 25.0 Å². The number of rotatable bonds is 5. The zero-order chi connectivity index (χ0) is 11.1. The topological polar surface area (TPSA) is 70.6 Å². The molecule has 1 fully saturated rings. The number of nitrogens with two attached hydrogens (primary N) is 1. The average molecular weight is 231 g/mol. The summed E-state index contributed by atoms with van der Waals surface area (Å²) >= 11 is 2.01. The van der Waals surface area contributed by atoms with Gasteiger partial charge in [-0.25, -0.2) is 0 Å². The van der Waals surface area contributed by atoms with E-state index in [0.29, 0.717) is 24.3 Å². The molecule has 1 saturated heterocycles. The fourth-order valence-electron chi connectivity index (χ4n) is 1.82. The molecule has 0 aromatic carbocycles. The van der Waals surface area contributed by atoms with E-state index in [1.807, 2.05) is 11.8 Å². The van der Waals surface area contributed by atoms with Crippen molar-refractivity contribution in [1.82, 2.24) is 5.32 Å². The Morgan fingerprint density at radius 2 is 2.53 bits per heavy atom. The van der Waals surface area contributed by atoms with E-state index in [0.717, 1.165) is 6.42 Å². The zero-order valence-electron chi connectivity index (χ0n) is 9.28. The summed E-state index contributed by atoms with van der Waals surface area (Å²) in [7, 11) is 0. The monoisotopic (exact) mass is 231 g/mol. The van der Waals surface area contributed by atoms with Crippen molar-refractivity contribution in [2.45, 2.75) is 44.7 Å². The first-order valence-electron chi connectivity index (χ1n) is 5.56. The number of oxime groups is 1. The molecule has 2 atom stereocenters. The minimum atomic E-state index is 0.317. The second-order valence-corrected chi connectivity index (χ2v) is 5.13. The van der Waals surface area contributed by atoms with Gasteiger partial charge in [-0.15, -0.1) is 0 Å². The lowest BCUT2D eigenvalue weighted by Gasteiger charge is -2.27. The van der Waals surface area contributed by atoms with E-state index in [-0.39, 0.29) is 0 Å². The van der Waals surface area contributed by atoms with Crippen molar-refractivity contribution in [3.05, 3.63) is 0 Å². The van der Waals surface area contributed by atoms with E-state index in [9.17, 15) is 0 Å². The van der Waals surface area contributed by atoms with Crippen LogP contribution in [0.2, 0.25) is 0 Å². The zero-order valence-corrected chi connectivity index (χ0v) is 10.1. The molecule has 0 spiro atoms.